The van der Waals surface area contributed by atoms with Gasteiger partial charge in [0.25, 0.3) is 0 Å². The number of benzene rings is 2. The molecule has 0 radical (unpaired) electrons. The zero-order valence-electron chi connectivity index (χ0n) is 13.2. The van der Waals surface area contributed by atoms with Gasteiger partial charge in [-0.1, -0.05) is 0 Å². The van der Waals surface area contributed by atoms with Gasteiger partial charge in [0, 0.05) is 11.6 Å². The van der Waals surface area contributed by atoms with Crippen LogP contribution in [0, 0.1) is 6.92 Å². The molecule has 2 aromatic carbocycles. The highest BCUT2D eigenvalue weighted by Crippen LogP contribution is 2.27. The number of carbonyl (C=O) groups is 1. The SMILES string of the molecule is COc1ccc(-c2cc(=O)c3cc(C)cc(C(C)=O)c3o2)cc1. The number of fused-ring (bicyclic) bond motifs is 1. The third kappa shape index (κ3) is 2.75. The van der Waals surface area contributed by atoms with E-state index in [-0.39, 0.29) is 11.2 Å². The Hall–Kier alpha value is -2.88. The Morgan fingerprint density at radius 1 is 1.09 bits per heavy atom. The zero-order chi connectivity index (χ0) is 16.6. The Balaban J connectivity index is 2.27. The van der Waals surface area contributed by atoms with Crippen LogP contribution >= 0.6 is 0 Å². The number of carbonyl (C=O) groups excluding carboxylic acids is 1. The minimum absolute atomic E-state index is 0.131. The van der Waals surface area contributed by atoms with E-state index in [2.05, 4.69) is 0 Å². The molecule has 1 heterocycles. The molecule has 3 rings (SSSR count). The molecule has 4 nitrogen and oxygen atoms in total. The summed E-state index contributed by atoms with van der Waals surface area (Å²) in [6, 6.07) is 12.1. The van der Waals surface area contributed by atoms with Crippen LogP contribution in [0.5, 0.6) is 5.75 Å². The van der Waals surface area contributed by atoms with Crippen molar-refractivity contribution in [1.82, 2.24) is 0 Å². The highest BCUT2D eigenvalue weighted by atomic mass is 16.5. The smallest absolute Gasteiger partial charge is 0.193 e. The van der Waals surface area contributed by atoms with Crippen molar-refractivity contribution in [3.8, 4) is 17.1 Å². The second kappa shape index (κ2) is 5.72. The first-order chi connectivity index (χ1) is 11.0. The number of ketones is 1. The van der Waals surface area contributed by atoms with E-state index in [4.69, 9.17) is 9.15 Å². The molecule has 116 valence electrons. The van der Waals surface area contributed by atoms with Gasteiger partial charge in [-0.2, -0.15) is 0 Å². The molecule has 0 aliphatic heterocycles. The minimum Gasteiger partial charge on any atom is -0.497 e. The van der Waals surface area contributed by atoms with E-state index in [1.165, 1.54) is 13.0 Å². The Morgan fingerprint density at radius 3 is 2.39 bits per heavy atom. The molecular formula is C19H16O4. The average molecular weight is 308 g/mol. The Bertz CT molecular complexity index is 950. The van der Waals surface area contributed by atoms with E-state index >= 15 is 0 Å². The van der Waals surface area contributed by atoms with E-state index in [0.717, 1.165) is 16.9 Å². The third-order valence-corrected chi connectivity index (χ3v) is 3.73. The summed E-state index contributed by atoms with van der Waals surface area (Å²) in [6.45, 7) is 3.32. The van der Waals surface area contributed by atoms with Crippen LogP contribution in [0.1, 0.15) is 22.8 Å². The van der Waals surface area contributed by atoms with Crippen LogP contribution in [0.4, 0.5) is 0 Å². The largest absolute Gasteiger partial charge is 0.497 e. The summed E-state index contributed by atoms with van der Waals surface area (Å²) in [6.07, 6.45) is 0. The van der Waals surface area contributed by atoms with Gasteiger partial charge in [0.05, 0.1) is 18.1 Å². The minimum atomic E-state index is -0.164. The lowest BCUT2D eigenvalue weighted by molar-refractivity contribution is 0.101. The van der Waals surface area contributed by atoms with Crippen LogP contribution < -0.4 is 10.2 Å². The fourth-order valence-electron chi connectivity index (χ4n) is 2.56. The summed E-state index contributed by atoms with van der Waals surface area (Å²) < 4.78 is 11.0. The van der Waals surface area contributed by atoms with Gasteiger partial charge in [-0.3, -0.25) is 9.59 Å². The highest BCUT2D eigenvalue weighted by Gasteiger charge is 2.14. The predicted octanol–water partition coefficient (Wildman–Crippen LogP) is 3.98. The maximum Gasteiger partial charge on any atom is 0.193 e. The van der Waals surface area contributed by atoms with Crippen molar-refractivity contribution in [3.05, 3.63) is 63.8 Å². The number of hydrogen-bond acceptors (Lipinski definition) is 4. The molecule has 0 unspecified atom stereocenters. The van der Waals surface area contributed by atoms with E-state index in [0.29, 0.717) is 22.3 Å². The summed E-state index contributed by atoms with van der Waals surface area (Å²) >= 11 is 0. The number of Topliss-reactive ketones (excluding diaryl/α,β-unsaturated/α-hetero) is 1. The normalized spacial score (nSPS) is 10.7. The first kappa shape index (κ1) is 15.0. The maximum atomic E-state index is 12.4. The van der Waals surface area contributed by atoms with Crippen LogP contribution in [0.2, 0.25) is 0 Å². The Kier molecular flexibility index (Phi) is 3.74. The first-order valence-corrected chi connectivity index (χ1v) is 7.23. The molecular weight excluding hydrogens is 292 g/mol. The molecule has 0 aliphatic rings. The lowest BCUT2D eigenvalue weighted by Crippen LogP contribution is -2.04. The topological polar surface area (TPSA) is 56.5 Å². The fourth-order valence-corrected chi connectivity index (χ4v) is 2.56. The molecule has 4 heteroatoms. The van der Waals surface area contributed by atoms with Gasteiger partial charge in [0.2, 0.25) is 0 Å². The molecule has 0 bridgehead atoms. The lowest BCUT2D eigenvalue weighted by Gasteiger charge is -2.08. The van der Waals surface area contributed by atoms with Crippen molar-refractivity contribution in [2.75, 3.05) is 7.11 Å². The van der Waals surface area contributed by atoms with Gasteiger partial charge in [0.1, 0.15) is 17.1 Å². The van der Waals surface area contributed by atoms with Crippen LogP contribution in [-0.4, -0.2) is 12.9 Å². The second-order valence-electron chi connectivity index (χ2n) is 5.45. The van der Waals surface area contributed by atoms with E-state index in [9.17, 15) is 9.59 Å². The fraction of sp³-hybridized carbons (Fsp3) is 0.158. The summed E-state index contributed by atoms with van der Waals surface area (Å²) in [5.74, 6) is 1.02. The summed E-state index contributed by atoms with van der Waals surface area (Å²) in [4.78, 5) is 24.3. The van der Waals surface area contributed by atoms with Gasteiger partial charge >= 0.3 is 0 Å². The molecule has 23 heavy (non-hydrogen) atoms. The van der Waals surface area contributed by atoms with Crippen molar-refractivity contribution in [2.45, 2.75) is 13.8 Å². The molecule has 0 amide bonds. The molecule has 0 atom stereocenters. The quantitative estimate of drug-likeness (QED) is 0.687. The average Bonchev–Trinajstić information content (AvgIpc) is 2.54. The van der Waals surface area contributed by atoms with E-state index < -0.39 is 0 Å². The summed E-state index contributed by atoms with van der Waals surface area (Å²) in [5, 5.41) is 0.424. The summed E-state index contributed by atoms with van der Waals surface area (Å²) in [5.41, 5.74) is 2.20. The molecule has 0 fully saturated rings. The van der Waals surface area contributed by atoms with Gasteiger partial charge < -0.3 is 9.15 Å². The van der Waals surface area contributed by atoms with Crippen LogP contribution in [-0.2, 0) is 0 Å². The monoisotopic (exact) mass is 308 g/mol. The predicted molar refractivity (Wildman–Crippen MR) is 89.2 cm³/mol. The molecule has 0 spiro atoms. The van der Waals surface area contributed by atoms with Gasteiger partial charge in [-0.05, 0) is 55.8 Å². The van der Waals surface area contributed by atoms with Crippen molar-refractivity contribution in [2.24, 2.45) is 0 Å². The van der Waals surface area contributed by atoms with Crippen molar-refractivity contribution < 1.29 is 13.9 Å². The highest BCUT2D eigenvalue weighted by molar-refractivity contribution is 6.05. The Labute approximate surface area is 133 Å². The number of methoxy groups -OCH3 is 1. The van der Waals surface area contributed by atoms with Crippen molar-refractivity contribution in [1.29, 1.82) is 0 Å². The summed E-state index contributed by atoms with van der Waals surface area (Å²) in [7, 11) is 1.59. The molecule has 0 saturated carbocycles. The standard InChI is InChI=1S/C19H16O4/c1-11-8-15(12(2)20)19-16(9-11)17(21)10-18(23-19)13-4-6-14(22-3)7-5-13/h4-10H,1-3H3. The first-order valence-electron chi connectivity index (χ1n) is 7.23. The number of aryl methyl sites for hydroxylation is 1. The lowest BCUT2D eigenvalue weighted by atomic mass is 10.0. The van der Waals surface area contributed by atoms with Crippen molar-refractivity contribution in [3.63, 3.8) is 0 Å². The van der Waals surface area contributed by atoms with Gasteiger partial charge in [-0.15, -0.1) is 0 Å². The molecule has 3 aromatic rings. The van der Waals surface area contributed by atoms with Gasteiger partial charge in [0.15, 0.2) is 11.2 Å². The van der Waals surface area contributed by atoms with Gasteiger partial charge in [-0.25, -0.2) is 0 Å². The molecule has 1 aromatic heterocycles. The third-order valence-electron chi connectivity index (χ3n) is 3.73. The maximum absolute atomic E-state index is 12.4. The number of hydrogen-bond donors (Lipinski definition) is 0. The number of rotatable bonds is 3. The van der Waals surface area contributed by atoms with Crippen LogP contribution in [0.15, 0.2) is 51.7 Å². The van der Waals surface area contributed by atoms with E-state index in [1.54, 1.807) is 31.4 Å². The molecule has 0 aliphatic carbocycles. The van der Waals surface area contributed by atoms with Crippen LogP contribution in [0.25, 0.3) is 22.3 Å². The molecule has 0 saturated heterocycles. The second-order valence-corrected chi connectivity index (χ2v) is 5.45. The number of ether oxygens (including phenoxy) is 1. The van der Waals surface area contributed by atoms with Crippen molar-refractivity contribution >= 4 is 16.8 Å². The Morgan fingerprint density at radius 2 is 1.78 bits per heavy atom. The van der Waals surface area contributed by atoms with E-state index in [1.807, 2.05) is 19.1 Å². The van der Waals surface area contributed by atoms with Crippen LogP contribution in [0.3, 0.4) is 0 Å². The zero-order valence-corrected chi connectivity index (χ0v) is 13.2. The molecule has 0 N–H and O–H groups in total.